The van der Waals surface area contributed by atoms with Gasteiger partial charge in [0.25, 0.3) is 0 Å². The first-order valence-electron chi connectivity index (χ1n) is 3.95. The standard InChI is InChI=1S/C7H13N3O2/c8-6(11)4-1-2-5(3-4)10-7(9)12/h4-5H,1-3H2,(H2,8,11)(H3,9,10,12). The number of carbonyl (C=O) groups is 2. The highest BCUT2D eigenvalue weighted by Gasteiger charge is 2.28. The van der Waals surface area contributed by atoms with Gasteiger partial charge in [0, 0.05) is 12.0 Å². The molecule has 5 heteroatoms. The predicted octanol–water partition coefficient (Wildman–Crippen LogP) is -0.691. The zero-order valence-electron chi connectivity index (χ0n) is 6.75. The Balaban J connectivity index is 2.35. The summed E-state index contributed by atoms with van der Waals surface area (Å²) in [5.41, 5.74) is 10.0. The van der Waals surface area contributed by atoms with Crippen molar-refractivity contribution in [3.63, 3.8) is 0 Å². The van der Waals surface area contributed by atoms with Gasteiger partial charge in [-0.1, -0.05) is 0 Å². The van der Waals surface area contributed by atoms with Crippen LogP contribution in [0.1, 0.15) is 19.3 Å². The normalized spacial score (nSPS) is 28.3. The molecule has 1 fully saturated rings. The molecule has 68 valence electrons. The van der Waals surface area contributed by atoms with Crippen molar-refractivity contribution >= 4 is 11.9 Å². The van der Waals surface area contributed by atoms with Crippen molar-refractivity contribution in [3.05, 3.63) is 0 Å². The first-order valence-corrected chi connectivity index (χ1v) is 3.95. The van der Waals surface area contributed by atoms with Gasteiger partial charge in [0.05, 0.1) is 0 Å². The zero-order valence-corrected chi connectivity index (χ0v) is 6.75. The van der Waals surface area contributed by atoms with E-state index >= 15 is 0 Å². The van der Waals surface area contributed by atoms with Crippen molar-refractivity contribution in [3.8, 4) is 0 Å². The summed E-state index contributed by atoms with van der Waals surface area (Å²) in [6.45, 7) is 0. The Kier molecular flexibility index (Phi) is 2.52. The SMILES string of the molecule is NC(=O)NC1CCC(C(N)=O)C1. The van der Waals surface area contributed by atoms with E-state index in [1.54, 1.807) is 0 Å². The molecule has 1 aliphatic carbocycles. The fraction of sp³-hybridized carbons (Fsp3) is 0.714. The maximum absolute atomic E-state index is 10.7. The highest BCUT2D eigenvalue weighted by Crippen LogP contribution is 2.24. The van der Waals surface area contributed by atoms with Gasteiger partial charge in [-0.25, -0.2) is 4.79 Å². The van der Waals surface area contributed by atoms with Gasteiger partial charge >= 0.3 is 6.03 Å². The van der Waals surface area contributed by atoms with Gasteiger partial charge < -0.3 is 16.8 Å². The van der Waals surface area contributed by atoms with Crippen LogP contribution in [0.2, 0.25) is 0 Å². The molecule has 0 aromatic rings. The van der Waals surface area contributed by atoms with Crippen molar-refractivity contribution in [2.45, 2.75) is 25.3 Å². The number of nitrogens with one attached hydrogen (secondary N) is 1. The lowest BCUT2D eigenvalue weighted by Crippen LogP contribution is -2.37. The van der Waals surface area contributed by atoms with E-state index in [0.29, 0.717) is 6.42 Å². The predicted molar refractivity (Wildman–Crippen MR) is 43.0 cm³/mol. The van der Waals surface area contributed by atoms with Crippen LogP contribution >= 0.6 is 0 Å². The highest BCUT2D eigenvalue weighted by molar-refractivity contribution is 5.77. The topological polar surface area (TPSA) is 98.2 Å². The number of rotatable bonds is 2. The number of carbonyl (C=O) groups excluding carboxylic acids is 2. The van der Waals surface area contributed by atoms with E-state index in [-0.39, 0.29) is 17.9 Å². The van der Waals surface area contributed by atoms with Gasteiger partial charge in [-0.2, -0.15) is 0 Å². The molecule has 0 aromatic carbocycles. The molecule has 0 radical (unpaired) electrons. The minimum Gasteiger partial charge on any atom is -0.369 e. The largest absolute Gasteiger partial charge is 0.369 e. The fourth-order valence-corrected chi connectivity index (χ4v) is 1.57. The first kappa shape index (κ1) is 8.83. The maximum atomic E-state index is 10.7. The molecule has 1 rings (SSSR count). The molecule has 1 aliphatic rings. The van der Waals surface area contributed by atoms with E-state index in [2.05, 4.69) is 5.32 Å². The Labute approximate surface area is 70.5 Å². The van der Waals surface area contributed by atoms with Crippen LogP contribution in [0.15, 0.2) is 0 Å². The molecule has 0 heterocycles. The number of hydrogen-bond donors (Lipinski definition) is 3. The molecule has 3 amide bonds. The molecule has 0 aromatic heterocycles. The van der Waals surface area contributed by atoms with Crippen molar-refractivity contribution < 1.29 is 9.59 Å². The van der Waals surface area contributed by atoms with Crippen LogP contribution in [-0.2, 0) is 4.79 Å². The van der Waals surface area contributed by atoms with Gasteiger partial charge in [-0.05, 0) is 19.3 Å². The molecule has 0 spiro atoms. The van der Waals surface area contributed by atoms with E-state index in [1.807, 2.05) is 0 Å². The average molecular weight is 171 g/mol. The second-order valence-corrected chi connectivity index (χ2v) is 3.12. The second kappa shape index (κ2) is 3.42. The molecular weight excluding hydrogens is 158 g/mol. The third-order valence-electron chi connectivity index (χ3n) is 2.18. The van der Waals surface area contributed by atoms with E-state index in [1.165, 1.54) is 0 Å². The Morgan fingerprint density at radius 2 is 1.92 bits per heavy atom. The van der Waals surface area contributed by atoms with Crippen LogP contribution in [-0.4, -0.2) is 18.0 Å². The summed E-state index contributed by atoms with van der Waals surface area (Å²) in [5.74, 6) is -0.384. The van der Waals surface area contributed by atoms with Gasteiger partial charge in [0.2, 0.25) is 5.91 Å². The van der Waals surface area contributed by atoms with Gasteiger partial charge in [0.1, 0.15) is 0 Å². The number of primary amides is 2. The van der Waals surface area contributed by atoms with Crippen LogP contribution in [0.25, 0.3) is 0 Å². The Hall–Kier alpha value is -1.26. The van der Waals surface area contributed by atoms with Crippen molar-refractivity contribution in [1.29, 1.82) is 0 Å². The van der Waals surface area contributed by atoms with Gasteiger partial charge in [-0.15, -0.1) is 0 Å². The molecule has 5 N–H and O–H groups in total. The monoisotopic (exact) mass is 171 g/mol. The number of urea groups is 1. The third-order valence-corrected chi connectivity index (χ3v) is 2.18. The minimum atomic E-state index is -0.537. The molecule has 5 nitrogen and oxygen atoms in total. The van der Waals surface area contributed by atoms with Crippen molar-refractivity contribution in [1.82, 2.24) is 5.32 Å². The molecule has 2 unspecified atom stereocenters. The van der Waals surface area contributed by atoms with Crippen molar-refractivity contribution in [2.24, 2.45) is 17.4 Å². The average Bonchev–Trinajstić information content (AvgIpc) is 2.34. The van der Waals surface area contributed by atoms with Gasteiger partial charge in [0.15, 0.2) is 0 Å². The second-order valence-electron chi connectivity index (χ2n) is 3.12. The first-order chi connectivity index (χ1) is 5.59. The summed E-state index contributed by atoms with van der Waals surface area (Å²) < 4.78 is 0. The van der Waals surface area contributed by atoms with Crippen LogP contribution < -0.4 is 16.8 Å². The van der Waals surface area contributed by atoms with Crippen LogP contribution in [0.5, 0.6) is 0 Å². The molecule has 0 saturated heterocycles. The van der Waals surface area contributed by atoms with E-state index in [9.17, 15) is 9.59 Å². The zero-order chi connectivity index (χ0) is 9.14. The van der Waals surface area contributed by atoms with E-state index in [0.717, 1.165) is 12.8 Å². The van der Waals surface area contributed by atoms with E-state index in [4.69, 9.17) is 11.5 Å². The van der Waals surface area contributed by atoms with E-state index < -0.39 is 6.03 Å². The number of amides is 3. The lowest BCUT2D eigenvalue weighted by molar-refractivity contribution is -0.121. The summed E-state index contributed by atoms with van der Waals surface area (Å²) in [6, 6.07) is -0.509. The molecule has 2 atom stereocenters. The quantitative estimate of drug-likeness (QED) is 0.512. The number of nitrogens with two attached hydrogens (primary N) is 2. The Morgan fingerprint density at radius 1 is 1.25 bits per heavy atom. The van der Waals surface area contributed by atoms with Crippen molar-refractivity contribution in [2.75, 3.05) is 0 Å². The summed E-state index contributed by atoms with van der Waals surface area (Å²) >= 11 is 0. The molecule has 0 bridgehead atoms. The molecule has 12 heavy (non-hydrogen) atoms. The number of hydrogen-bond acceptors (Lipinski definition) is 2. The summed E-state index contributed by atoms with van der Waals surface area (Å²) in [7, 11) is 0. The molecule has 1 saturated carbocycles. The van der Waals surface area contributed by atoms with Crippen LogP contribution in [0.4, 0.5) is 4.79 Å². The lowest BCUT2D eigenvalue weighted by Gasteiger charge is -2.09. The lowest BCUT2D eigenvalue weighted by atomic mass is 10.1. The third kappa shape index (κ3) is 2.11. The maximum Gasteiger partial charge on any atom is 0.312 e. The van der Waals surface area contributed by atoms with Crippen LogP contribution in [0, 0.1) is 5.92 Å². The Morgan fingerprint density at radius 3 is 2.33 bits per heavy atom. The molecular formula is C7H13N3O2. The summed E-state index contributed by atoms with van der Waals surface area (Å²) in [6.07, 6.45) is 2.16. The smallest absolute Gasteiger partial charge is 0.312 e. The molecule has 0 aliphatic heterocycles. The van der Waals surface area contributed by atoms with Gasteiger partial charge in [-0.3, -0.25) is 4.79 Å². The fourth-order valence-electron chi connectivity index (χ4n) is 1.57. The Bertz CT molecular complexity index is 205. The highest BCUT2D eigenvalue weighted by atomic mass is 16.2. The summed E-state index contributed by atoms with van der Waals surface area (Å²) in [4.78, 5) is 21.1. The van der Waals surface area contributed by atoms with Crippen LogP contribution in [0.3, 0.4) is 0 Å². The minimum absolute atomic E-state index is 0.0278. The summed E-state index contributed by atoms with van der Waals surface area (Å²) in [5, 5.41) is 2.56.